The molecule has 19 heavy (non-hydrogen) atoms. The Morgan fingerprint density at radius 2 is 2.11 bits per heavy atom. The van der Waals surface area contributed by atoms with Gasteiger partial charge in [0.1, 0.15) is 0 Å². The van der Waals surface area contributed by atoms with Gasteiger partial charge >= 0.3 is 0 Å². The second-order valence-electron chi connectivity index (χ2n) is 5.38. The number of hydrogen-bond acceptors (Lipinski definition) is 2. The fraction of sp³-hybridized carbons (Fsp3) is 0.714. The Morgan fingerprint density at radius 3 is 2.58 bits per heavy atom. The predicted molar refractivity (Wildman–Crippen MR) is 78.2 cm³/mol. The molecule has 1 aliphatic rings. The van der Waals surface area contributed by atoms with Crippen LogP contribution in [0.15, 0.2) is 4.99 Å². The Balaban J connectivity index is 1.85. The van der Waals surface area contributed by atoms with Crippen molar-refractivity contribution in [2.24, 2.45) is 18.0 Å². The highest BCUT2D eigenvalue weighted by molar-refractivity contribution is 5.79. The average molecular weight is 263 g/mol. The minimum Gasteiger partial charge on any atom is -0.356 e. The van der Waals surface area contributed by atoms with Crippen molar-refractivity contribution in [2.45, 2.75) is 39.7 Å². The third-order valence-corrected chi connectivity index (χ3v) is 4.10. The summed E-state index contributed by atoms with van der Waals surface area (Å²) in [4.78, 5) is 4.27. The van der Waals surface area contributed by atoms with E-state index in [9.17, 15) is 0 Å². The Morgan fingerprint density at radius 1 is 1.37 bits per heavy atom. The van der Waals surface area contributed by atoms with E-state index in [0.717, 1.165) is 30.7 Å². The van der Waals surface area contributed by atoms with Crippen molar-refractivity contribution in [1.29, 1.82) is 0 Å². The lowest BCUT2D eigenvalue weighted by atomic mass is 9.85. The van der Waals surface area contributed by atoms with E-state index in [1.807, 2.05) is 18.8 Å². The molecule has 0 aromatic carbocycles. The lowest BCUT2D eigenvalue weighted by molar-refractivity contribution is 0.314. The van der Waals surface area contributed by atoms with Crippen molar-refractivity contribution in [2.75, 3.05) is 13.6 Å². The maximum atomic E-state index is 4.43. The van der Waals surface area contributed by atoms with Gasteiger partial charge in [0, 0.05) is 38.4 Å². The van der Waals surface area contributed by atoms with E-state index in [1.54, 1.807) is 0 Å². The molecule has 0 atom stereocenters. The van der Waals surface area contributed by atoms with Gasteiger partial charge < -0.3 is 10.6 Å². The van der Waals surface area contributed by atoms with Gasteiger partial charge in [0.2, 0.25) is 0 Å². The lowest BCUT2D eigenvalue weighted by Gasteiger charge is -2.26. The minimum atomic E-state index is 0.774. The SMILES string of the molecule is CN=C(NCc1c(C)nn(C)c1C)NCC1CCC1. The third-order valence-electron chi connectivity index (χ3n) is 4.10. The number of guanidine groups is 1. The summed E-state index contributed by atoms with van der Waals surface area (Å²) in [5, 5.41) is 11.2. The predicted octanol–water partition coefficient (Wildman–Crippen LogP) is 1.50. The van der Waals surface area contributed by atoms with E-state index in [4.69, 9.17) is 0 Å². The molecule has 5 heteroatoms. The van der Waals surface area contributed by atoms with Crippen molar-refractivity contribution >= 4 is 5.96 Å². The molecule has 2 rings (SSSR count). The zero-order valence-corrected chi connectivity index (χ0v) is 12.5. The molecule has 0 spiro atoms. The second kappa shape index (κ2) is 6.08. The van der Waals surface area contributed by atoms with Crippen LogP contribution in [0.25, 0.3) is 0 Å². The van der Waals surface area contributed by atoms with Crippen LogP contribution in [0.4, 0.5) is 0 Å². The van der Waals surface area contributed by atoms with Crippen molar-refractivity contribution in [1.82, 2.24) is 20.4 Å². The Kier molecular flexibility index (Phi) is 4.45. The van der Waals surface area contributed by atoms with Crippen LogP contribution in [-0.2, 0) is 13.6 Å². The quantitative estimate of drug-likeness (QED) is 0.639. The van der Waals surface area contributed by atoms with Gasteiger partial charge in [-0.1, -0.05) is 6.42 Å². The topological polar surface area (TPSA) is 54.2 Å². The highest BCUT2D eigenvalue weighted by atomic mass is 15.3. The van der Waals surface area contributed by atoms with Gasteiger partial charge in [0.25, 0.3) is 0 Å². The normalized spacial score (nSPS) is 16.3. The molecule has 106 valence electrons. The van der Waals surface area contributed by atoms with Crippen LogP contribution in [0.5, 0.6) is 0 Å². The largest absolute Gasteiger partial charge is 0.356 e. The van der Waals surface area contributed by atoms with E-state index in [1.165, 1.54) is 30.5 Å². The van der Waals surface area contributed by atoms with Crippen molar-refractivity contribution in [3.63, 3.8) is 0 Å². The van der Waals surface area contributed by atoms with Crippen LogP contribution < -0.4 is 10.6 Å². The molecule has 0 radical (unpaired) electrons. The van der Waals surface area contributed by atoms with Gasteiger partial charge in [-0.25, -0.2) is 0 Å². The first-order chi connectivity index (χ1) is 9.11. The summed E-state index contributed by atoms with van der Waals surface area (Å²) in [7, 11) is 3.80. The van der Waals surface area contributed by atoms with Gasteiger partial charge in [0.15, 0.2) is 5.96 Å². The number of nitrogens with one attached hydrogen (secondary N) is 2. The number of rotatable bonds is 4. The zero-order chi connectivity index (χ0) is 13.8. The van der Waals surface area contributed by atoms with Crippen LogP contribution >= 0.6 is 0 Å². The van der Waals surface area contributed by atoms with E-state index in [2.05, 4.69) is 34.6 Å². The first kappa shape index (κ1) is 13.9. The number of aryl methyl sites for hydroxylation is 2. The summed E-state index contributed by atoms with van der Waals surface area (Å²) in [6, 6.07) is 0. The van der Waals surface area contributed by atoms with Gasteiger partial charge in [-0.05, 0) is 32.6 Å². The first-order valence-electron chi connectivity index (χ1n) is 7.05. The molecule has 0 saturated heterocycles. The maximum Gasteiger partial charge on any atom is 0.191 e. The molecule has 1 saturated carbocycles. The summed E-state index contributed by atoms with van der Waals surface area (Å²) >= 11 is 0. The van der Waals surface area contributed by atoms with Crippen LogP contribution in [-0.4, -0.2) is 29.3 Å². The molecule has 1 heterocycles. The summed E-state index contributed by atoms with van der Waals surface area (Å²) in [6.45, 7) is 5.96. The van der Waals surface area contributed by atoms with Gasteiger partial charge in [-0.3, -0.25) is 9.67 Å². The minimum absolute atomic E-state index is 0.774. The molecule has 0 aliphatic heterocycles. The maximum absolute atomic E-state index is 4.43. The Labute approximate surface area is 115 Å². The van der Waals surface area contributed by atoms with Gasteiger partial charge in [-0.2, -0.15) is 5.10 Å². The van der Waals surface area contributed by atoms with Crippen LogP contribution in [0.3, 0.4) is 0 Å². The Bertz CT molecular complexity index is 457. The third kappa shape index (κ3) is 3.28. The Hall–Kier alpha value is -1.52. The fourth-order valence-electron chi connectivity index (χ4n) is 2.40. The van der Waals surface area contributed by atoms with Crippen LogP contribution in [0.1, 0.15) is 36.2 Å². The molecule has 1 fully saturated rings. The number of aromatic nitrogens is 2. The average Bonchev–Trinajstić information content (AvgIpc) is 2.56. The van der Waals surface area contributed by atoms with Gasteiger partial charge in [0.05, 0.1) is 5.69 Å². The molecule has 1 aliphatic carbocycles. The van der Waals surface area contributed by atoms with Crippen LogP contribution in [0.2, 0.25) is 0 Å². The molecule has 0 unspecified atom stereocenters. The molecular weight excluding hydrogens is 238 g/mol. The lowest BCUT2D eigenvalue weighted by Crippen LogP contribution is -2.40. The van der Waals surface area contributed by atoms with E-state index in [0.29, 0.717) is 0 Å². The molecule has 1 aromatic rings. The van der Waals surface area contributed by atoms with E-state index < -0.39 is 0 Å². The van der Waals surface area contributed by atoms with Crippen molar-refractivity contribution in [3.05, 3.63) is 17.0 Å². The van der Waals surface area contributed by atoms with Crippen molar-refractivity contribution in [3.8, 4) is 0 Å². The highest BCUT2D eigenvalue weighted by Gasteiger charge is 2.17. The second-order valence-corrected chi connectivity index (χ2v) is 5.38. The molecule has 0 bridgehead atoms. The molecule has 5 nitrogen and oxygen atoms in total. The standard InChI is InChI=1S/C14H25N5/c1-10-13(11(2)19(4)18-10)9-17-14(15-3)16-8-12-6-5-7-12/h12H,5-9H2,1-4H3,(H2,15,16,17). The van der Waals surface area contributed by atoms with E-state index >= 15 is 0 Å². The summed E-state index contributed by atoms with van der Waals surface area (Å²) in [6.07, 6.45) is 4.09. The zero-order valence-electron chi connectivity index (χ0n) is 12.5. The number of hydrogen-bond donors (Lipinski definition) is 2. The van der Waals surface area contributed by atoms with Crippen molar-refractivity contribution < 1.29 is 0 Å². The summed E-state index contributed by atoms with van der Waals surface area (Å²) in [5.74, 6) is 1.72. The van der Waals surface area contributed by atoms with Gasteiger partial charge in [-0.15, -0.1) is 0 Å². The van der Waals surface area contributed by atoms with Crippen LogP contribution in [0, 0.1) is 19.8 Å². The smallest absolute Gasteiger partial charge is 0.191 e. The monoisotopic (exact) mass is 263 g/mol. The summed E-state index contributed by atoms with van der Waals surface area (Å²) < 4.78 is 1.93. The molecule has 1 aromatic heterocycles. The number of aliphatic imine (C=N–C) groups is 1. The molecular formula is C14H25N5. The number of nitrogens with zero attached hydrogens (tertiary/aromatic N) is 3. The summed E-state index contributed by atoms with van der Waals surface area (Å²) in [5.41, 5.74) is 3.55. The van der Waals surface area contributed by atoms with E-state index in [-0.39, 0.29) is 0 Å². The first-order valence-corrected chi connectivity index (χ1v) is 7.05. The molecule has 0 amide bonds. The fourth-order valence-corrected chi connectivity index (χ4v) is 2.40. The highest BCUT2D eigenvalue weighted by Crippen LogP contribution is 2.25. The molecule has 2 N–H and O–H groups in total.